The molecule has 1 aliphatic heterocycles. The largest absolute Gasteiger partial charge is 0.511 e. The summed E-state index contributed by atoms with van der Waals surface area (Å²) in [5.74, 6) is 0.774. The number of aliphatic hydroxyl groups excluding tert-OH is 1. The van der Waals surface area contributed by atoms with Crippen LogP contribution < -0.4 is 5.32 Å². The Morgan fingerprint density at radius 3 is 2.60 bits per heavy atom. The van der Waals surface area contributed by atoms with E-state index in [0.717, 1.165) is 12.1 Å². The SMILES string of the molecule is Cc1ccc(C2CC(=O)C(C3=NCCN3)=C(O)C2)cc1. The molecule has 2 N–H and O–H groups in total. The molecule has 0 bridgehead atoms. The third-order valence-corrected chi connectivity index (χ3v) is 3.90. The predicted molar refractivity (Wildman–Crippen MR) is 78.1 cm³/mol. The number of hydrogen-bond donors (Lipinski definition) is 2. The van der Waals surface area contributed by atoms with E-state index in [2.05, 4.69) is 10.3 Å². The Bertz CT molecular complexity index is 599. The van der Waals surface area contributed by atoms with E-state index in [9.17, 15) is 9.90 Å². The lowest BCUT2D eigenvalue weighted by atomic mass is 9.82. The number of amidine groups is 1. The maximum atomic E-state index is 12.3. The highest BCUT2D eigenvalue weighted by Crippen LogP contribution is 2.34. The Labute approximate surface area is 118 Å². The van der Waals surface area contributed by atoms with Crippen LogP contribution in [0.15, 0.2) is 40.6 Å². The number of allylic oxidation sites excluding steroid dienone is 1. The van der Waals surface area contributed by atoms with Crippen LogP contribution in [0.5, 0.6) is 0 Å². The molecule has 2 aliphatic rings. The van der Waals surface area contributed by atoms with Gasteiger partial charge in [-0.1, -0.05) is 29.8 Å². The average molecular weight is 270 g/mol. The molecule has 1 aromatic carbocycles. The van der Waals surface area contributed by atoms with Gasteiger partial charge in [0.05, 0.1) is 12.1 Å². The average Bonchev–Trinajstić information content (AvgIpc) is 2.92. The zero-order valence-corrected chi connectivity index (χ0v) is 11.5. The molecule has 1 heterocycles. The van der Waals surface area contributed by atoms with Crippen molar-refractivity contribution in [2.45, 2.75) is 25.7 Å². The van der Waals surface area contributed by atoms with Crippen molar-refractivity contribution in [3.63, 3.8) is 0 Å². The topological polar surface area (TPSA) is 61.7 Å². The maximum Gasteiger partial charge on any atom is 0.170 e. The van der Waals surface area contributed by atoms with Gasteiger partial charge in [0.2, 0.25) is 0 Å². The number of aliphatic imine (C=N–C) groups is 1. The number of hydrogen-bond acceptors (Lipinski definition) is 4. The van der Waals surface area contributed by atoms with Crippen LogP contribution in [0.1, 0.15) is 29.9 Å². The fraction of sp³-hybridized carbons (Fsp3) is 0.375. The van der Waals surface area contributed by atoms with Gasteiger partial charge >= 0.3 is 0 Å². The highest BCUT2D eigenvalue weighted by Gasteiger charge is 2.32. The standard InChI is InChI=1S/C16H18N2O2/c1-10-2-4-11(5-3-10)12-8-13(19)15(14(20)9-12)16-17-6-7-18-16/h2-5,12,19H,6-9H2,1H3,(H,17,18). The van der Waals surface area contributed by atoms with Crippen molar-refractivity contribution < 1.29 is 9.90 Å². The lowest BCUT2D eigenvalue weighted by Crippen LogP contribution is -2.30. The van der Waals surface area contributed by atoms with Gasteiger partial charge in [0.1, 0.15) is 11.6 Å². The number of carbonyl (C=O) groups is 1. The Hall–Kier alpha value is -2.10. The van der Waals surface area contributed by atoms with Crippen molar-refractivity contribution in [3.8, 4) is 0 Å². The molecular formula is C16H18N2O2. The van der Waals surface area contributed by atoms with Crippen LogP contribution >= 0.6 is 0 Å². The van der Waals surface area contributed by atoms with E-state index < -0.39 is 0 Å². The molecule has 0 spiro atoms. The number of nitrogens with zero attached hydrogens (tertiary/aromatic N) is 1. The van der Waals surface area contributed by atoms with Gasteiger partial charge < -0.3 is 10.4 Å². The molecule has 1 unspecified atom stereocenters. The summed E-state index contributed by atoms with van der Waals surface area (Å²) in [7, 11) is 0. The Kier molecular flexibility index (Phi) is 3.30. The van der Waals surface area contributed by atoms with E-state index in [1.54, 1.807) is 0 Å². The minimum atomic E-state index is -0.0209. The number of rotatable bonds is 2. The van der Waals surface area contributed by atoms with E-state index in [-0.39, 0.29) is 17.5 Å². The van der Waals surface area contributed by atoms with Crippen LogP contribution in [-0.2, 0) is 4.79 Å². The van der Waals surface area contributed by atoms with Gasteiger partial charge in [-0.2, -0.15) is 0 Å². The molecule has 0 radical (unpaired) electrons. The van der Waals surface area contributed by atoms with Crippen molar-refractivity contribution in [3.05, 3.63) is 46.7 Å². The first-order valence-electron chi connectivity index (χ1n) is 6.95. The minimum Gasteiger partial charge on any atom is -0.511 e. The number of aryl methyl sites for hydroxylation is 1. The molecular weight excluding hydrogens is 252 g/mol. The van der Waals surface area contributed by atoms with Gasteiger partial charge in [-0.05, 0) is 18.4 Å². The van der Waals surface area contributed by atoms with Crippen LogP contribution in [0.3, 0.4) is 0 Å². The summed E-state index contributed by atoms with van der Waals surface area (Å²) >= 11 is 0. The van der Waals surface area contributed by atoms with Crippen molar-refractivity contribution in [2.75, 3.05) is 13.1 Å². The van der Waals surface area contributed by atoms with Crippen molar-refractivity contribution in [1.29, 1.82) is 0 Å². The second-order valence-corrected chi connectivity index (χ2v) is 5.42. The maximum absolute atomic E-state index is 12.3. The molecule has 104 valence electrons. The number of Topliss-reactive ketones (excluding diaryl/α,β-unsaturated/α-hetero) is 1. The quantitative estimate of drug-likeness (QED) is 0.866. The van der Waals surface area contributed by atoms with Gasteiger partial charge in [0.25, 0.3) is 0 Å². The highest BCUT2D eigenvalue weighted by atomic mass is 16.3. The van der Waals surface area contributed by atoms with Crippen LogP contribution in [-0.4, -0.2) is 29.8 Å². The van der Waals surface area contributed by atoms with E-state index in [4.69, 9.17) is 0 Å². The fourth-order valence-corrected chi connectivity index (χ4v) is 2.80. The van der Waals surface area contributed by atoms with E-state index in [1.807, 2.05) is 31.2 Å². The Morgan fingerprint density at radius 2 is 2.00 bits per heavy atom. The van der Waals surface area contributed by atoms with Gasteiger partial charge in [-0.15, -0.1) is 0 Å². The molecule has 0 saturated heterocycles. The molecule has 20 heavy (non-hydrogen) atoms. The number of nitrogens with one attached hydrogen (secondary N) is 1. The highest BCUT2D eigenvalue weighted by molar-refractivity contribution is 6.22. The summed E-state index contributed by atoms with van der Waals surface area (Å²) in [5, 5.41) is 13.3. The van der Waals surface area contributed by atoms with Gasteiger partial charge in [-0.3, -0.25) is 9.79 Å². The summed E-state index contributed by atoms with van der Waals surface area (Å²) in [5.41, 5.74) is 2.70. The third-order valence-electron chi connectivity index (χ3n) is 3.90. The second kappa shape index (κ2) is 5.12. The van der Waals surface area contributed by atoms with Crippen LogP contribution in [0.2, 0.25) is 0 Å². The number of carbonyl (C=O) groups excluding carboxylic acids is 1. The number of benzene rings is 1. The third kappa shape index (κ3) is 2.33. The van der Waals surface area contributed by atoms with Crippen LogP contribution in [0, 0.1) is 6.92 Å². The molecule has 0 amide bonds. The predicted octanol–water partition coefficient (Wildman–Crippen LogP) is 2.26. The van der Waals surface area contributed by atoms with Crippen LogP contribution in [0.25, 0.3) is 0 Å². The van der Waals surface area contributed by atoms with Crippen molar-refractivity contribution in [2.24, 2.45) is 4.99 Å². The summed E-state index contributed by atoms with van der Waals surface area (Å²) in [6, 6.07) is 8.16. The first-order valence-corrected chi connectivity index (χ1v) is 6.95. The summed E-state index contributed by atoms with van der Waals surface area (Å²) < 4.78 is 0. The first-order chi connectivity index (χ1) is 9.65. The molecule has 4 nitrogen and oxygen atoms in total. The molecule has 1 atom stereocenters. The molecule has 1 aromatic rings. The first kappa shape index (κ1) is 12.9. The molecule has 1 aliphatic carbocycles. The normalized spacial score (nSPS) is 22.8. The summed E-state index contributed by atoms with van der Waals surface area (Å²) in [4.78, 5) is 16.5. The van der Waals surface area contributed by atoms with Gasteiger partial charge in [-0.25, -0.2) is 0 Å². The monoisotopic (exact) mass is 270 g/mol. The zero-order valence-electron chi connectivity index (χ0n) is 11.5. The lowest BCUT2D eigenvalue weighted by Gasteiger charge is -2.24. The van der Waals surface area contributed by atoms with Gasteiger partial charge in [0, 0.05) is 19.4 Å². The molecule has 0 fully saturated rings. The lowest BCUT2D eigenvalue weighted by molar-refractivity contribution is -0.116. The zero-order chi connectivity index (χ0) is 14.1. The van der Waals surface area contributed by atoms with Crippen molar-refractivity contribution >= 4 is 11.6 Å². The summed E-state index contributed by atoms with van der Waals surface area (Å²) in [6.45, 7) is 3.44. The Balaban J connectivity index is 1.87. The second-order valence-electron chi connectivity index (χ2n) is 5.42. The molecule has 4 heteroatoms. The molecule has 3 rings (SSSR count). The molecule has 0 saturated carbocycles. The van der Waals surface area contributed by atoms with Crippen molar-refractivity contribution in [1.82, 2.24) is 5.32 Å². The van der Waals surface area contributed by atoms with E-state index >= 15 is 0 Å². The summed E-state index contributed by atoms with van der Waals surface area (Å²) in [6.07, 6.45) is 0.938. The van der Waals surface area contributed by atoms with E-state index in [0.29, 0.717) is 30.8 Å². The minimum absolute atomic E-state index is 0.0209. The number of ketones is 1. The number of aliphatic hydroxyl groups is 1. The Morgan fingerprint density at radius 1 is 1.25 bits per heavy atom. The fourth-order valence-electron chi connectivity index (χ4n) is 2.80. The smallest absolute Gasteiger partial charge is 0.170 e. The van der Waals surface area contributed by atoms with Crippen LogP contribution in [0.4, 0.5) is 0 Å². The van der Waals surface area contributed by atoms with Gasteiger partial charge in [0.15, 0.2) is 5.78 Å². The molecule has 0 aromatic heterocycles. The van der Waals surface area contributed by atoms with E-state index in [1.165, 1.54) is 5.56 Å².